The standard InChI is InChI=1S/C26H21NO2/c1-2-26-19-14-8-6-12-17(19)21(18-13-7-9-15-20(18)26)22-23(26)25(29)27(24(22)28)16-10-4-3-5-11-16/h3-15,21-23H,2H2,1H3/t21?,22-,23+,26?/m1/s1. The van der Waals surface area contributed by atoms with E-state index in [9.17, 15) is 9.59 Å². The van der Waals surface area contributed by atoms with Crippen LogP contribution < -0.4 is 4.90 Å². The fourth-order valence-electron chi connectivity index (χ4n) is 6.36. The highest BCUT2D eigenvalue weighted by Crippen LogP contribution is 2.65. The van der Waals surface area contributed by atoms with Gasteiger partial charge in [-0.1, -0.05) is 73.7 Å². The van der Waals surface area contributed by atoms with Gasteiger partial charge in [-0.15, -0.1) is 0 Å². The third-order valence-electron chi connectivity index (χ3n) is 7.37. The van der Waals surface area contributed by atoms with Crippen LogP contribution in [0.4, 0.5) is 5.69 Å². The molecule has 4 aliphatic rings. The van der Waals surface area contributed by atoms with Crippen molar-refractivity contribution in [3.8, 4) is 0 Å². The number of hydrogen-bond acceptors (Lipinski definition) is 2. The summed E-state index contributed by atoms with van der Waals surface area (Å²) in [6, 6.07) is 26.2. The van der Waals surface area contributed by atoms with Crippen molar-refractivity contribution < 1.29 is 9.59 Å². The molecule has 142 valence electrons. The molecule has 1 saturated heterocycles. The summed E-state index contributed by atoms with van der Waals surface area (Å²) in [7, 11) is 0. The summed E-state index contributed by atoms with van der Waals surface area (Å²) in [5.41, 5.74) is 5.10. The monoisotopic (exact) mass is 379 g/mol. The number of anilines is 1. The van der Waals surface area contributed by atoms with E-state index in [4.69, 9.17) is 0 Å². The second-order valence-corrected chi connectivity index (χ2v) is 8.33. The van der Waals surface area contributed by atoms with E-state index < -0.39 is 5.41 Å². The fourth-order valence-corrected chi connectivity index (χ4v) is 6.36. The molecule has 2 bridgehead atoms. The molecule has 3 aliphatic carbocycles. The second-order valence-electron chi connectivity index (χ2n) is 8.33. The molecule has 0 radical (unpaired) electrons. The van der Waals surface area contributed by atoms with Gasteiger partial charge in [0.25, 0.3) is 0 Å². The van der Waals surface area contributed by atoms with Crippen molar-refractivity contribution in [2.75, 3.05) is 4.90 Å². The Morgan fingerprint density at radius 2 is 1.31 bits per heavy atom. The van der Waals surface area contributed by atoms with Crippen LogP contribution >= 0.6 is 0 Å². The fraction of sp³-hybridized carbons (Fsp3) is 0.231. The number of carbonyl (C=O) groups excluding carboxylic acids is 2. The van der Waals surface area contributed by atoms with Gasteiger partial charge in [0.1, 0.15) is 0 Å². The summed E-state index contributed by atoms with van der Waals surface area (Å²) in [6.07, 6.45) is 0.788. The summed E-state index contributed by atoms with van der Waals surface area (Å²) in [6.45, 7) is 2.15. The van der Waals surface area contributed by atoms with Gasteiger partial charge in [-0.05, 0) is 40.8 Å². The molecule has 29 heavy (non-hydrogen) atoms. The molecule has 1 fully saturated rings. The van der Waals surface area contributed by atoms with Crippen LogP contribution in [0, 0.1) is 11.8 Å². The van der Waals surface area contributed by atoms with Gasteiger partial charge < -0.3 is 0 Å². The summed E-state index contributed by atoms with van der Waals surface area (Å²) in [5.74, 6) is -0.867. The number of para-hydroxylation sites is 1. The zero-order chi connectivity index (χ0) is 19.8. The molecule has 0 saturated carbocycles. The van der Waals surface area contributed by atoms with Gasteiger partial charge in [-0.3, -0.25) is 9.59 Å². The Bertz CT molecular complexity index is 1120. The smallest absolute Gasteiger partial charge is 0.238 e. The molecule has 0 spiro atoms. The molecular weight excluding hydrogens is 358 g/mol. The van der Waals surface area contributed by atoms with Gasteiger partial charge in [-0.25, -0.2) is 4.90 Å². The third kappa shape index (κ3) is 1.84. The molecule has 3 heteroatoms. The largest absolute Gasteiger partial charge is 0.274 e. The summed E-state index contributed by atoms with van der Waals surface area (Å²) >= 11 is 0. The van der Waals surface area contributed by atoms with Gasteiger partial charge in [0.2, 0.25) is 11.8 Å². The van der Waals surface area contributed by atoms with Crippen molar-refractivity contribution >= 4 is 17.5 Å². The minimum atomic E-state index is -0.455. The second kappa shape index (κ2) is 5.66. The molecule has 2 atom stereocenters. The number of rotatable bonds is 2. The number of imide groups is 1. The minimum Gasteiger partial charge on any atom is -0.274 e. The maximum atomic E-state index is 13.8. The SMILES string of the molecule is CCC12c3ccccc3C(c3ccccc31)[C@H]1C(=O)N(c3ccccc3)C(=O)[C@H]12. The van der Waals surface area contributed by atoms with E-state index in [1.54, 1.807) is 0 Å². The van der Waals surface area contributed by atoms with Crippen LogP contribution in [0.25, 0.3) is 0 Å². The Morgan fingerprint density at radius 3 is 1.90 bits per heavy atom. The molecule has 0 aromatic heterocycles. The van der Waals surface area contributed by atoms with Crippen molar-refractivity contribution in [1.82, 2.24) is 0 Å². The summed E-state index contributed by atoms with van der Waals surface area (Å²) in [4.78, 5) is 29.0. The van der Waals surface area contributed by atoms with Gasteiger partial charge in [0.05, 0.1) is 17.5 Å². The van der Waals surface area contributed by atoms with Crippen molar-refractivity contribution in [3.63, 3.8) is 0 Å². The lowest BCUT2D eigenvalue weighted by atomic mass is 9.46. The maximum absolute atomic E-state index is 13.8. The van der Waals surface area contributed by atoms with Crippen LogP contribution in [-0.2, 0) is 15.0 Å². The third-order valence-corrected chi connectivity index (χ3v) is 7.37. The predicted molar refractivity (Wildman–Crippen MR) is 112 cm³/mol. The van der Waals surface area contributed by atoms with E-state index in [-0.39, 0.29) is 29.6 Å². The van der Waals surface area contributed by atoms with Crippen molar-refractivity contribution in [3.05, 3.63) is 101 Å². The van der Waals surface area contributed by atoms with E-state index in [0.29, 0.717) is 5.69 Å². The molecule has 2 amide bonds. The lowest BCUT2D eigenvalue weighted by Gasteiger charge is -2.54. The zero-order valence-electron chi connectivity index (χ0n) is 16.2. The Labute approximate surface area is 170 Å². The van der Waals surface area contributed by atoms with Crippen LogP contribution in [0.5, 0.6) is 0 Å². The van der Waals surface area contributed by atoms with Crippen LogP contribution in [0.1, 0.15) is 41.5 Å². The van der Waals surface area contributed by atoms with Gasteiger partial charge in [0, 0.05) is 11.3 Å². The van der Waals surface area contributed by atoms with Crippen LogP contribution in [-0.4, -0.2) is 11.8 Å². The Kier molecular flexibility index (Phi) is 3.27. The average Bonchev–Trinajstić information content (AvgIpc) is 3.05. The lowest BCUT2D eigenvalue weighted by Crippen LogP contribution is -2.53. The normalized spacial score (nSPS) is 28.9. The van der Waals surface area contributed by atoms with Crippen LogP contribution in [0.15, 0.2) is 78.9 Å². The minimum absolute atomic E-state index is 0.0537. The van der Waals surface area contributed by atoms with E-state index >= 15 is 0 Å². The number of nitrogens with zero attached hydrogens (tertiary/aromatic N) is 1. The topological polar surface area (TPSA) is 37.4 Å². The van der Waals surface area contributed by atoms with Crippen molar-refractivity contribution in [2.24, 2.45) is 11.8 Å². The van der Waals surface area contributed by atoms with Gasteiger partial charge in [-0.2, -0.15) is 0 Å². The molecule has 3 aromatic rings. The summed E-state index contributed by atoms with van der Waals surface area (Å²) in [5, 5.41) is 0. The molecule has 1 heterocycles. The van der Waals surface area contributed by atoms with E-state index in [1.807, 2.05) is 30.3 Å². The highest BCUT2D eigenvalue weighted by atomic mass is 16.2. The quantitative estimate of drug-likeness (QED) is 0.608. The molecule has 1 aliphatic heterocycles. The molecule has 0 unspecified atom stereocenters. The molecule has 7 rings (SSSR count). The first kappa shape index (κ1) is 16.7. The van der Waals surface area contributed by atoms with E-state index in [0.717, 1.165) is 6.42 Å². The molecular formula is C26H21NO2. The number of hydrogen-bond donors (Lipinski definition) is 0. The first-order valence-electron chi connectivity index (χ1n) is 10.3. The summed E-state index contributed by atoms with van der Waals surface area (Å²) < 4.78 is 0. The van der Waals surface area contributed by atoms with Crippen molar-refractivity contribution in [1.29, 1.82) is 0 Å². The average molecular weight is 379 g/mol. The first-order valence-corrected chi connectivity index (χ1v) is 10.3. The van der Waals surface area contributed by atoms with Crippen molar-refractivity contribution in [2.45, 2.75) is 24.7 Å². The predicted octanol–water partition coefficient (Wildman–Crippen LogP) is 4.65. The highest BCUT2D eigenvalue weighted by molar-refractivity contribution is 6.23. The van der Waals surface area contributed by atoms with Gasteiger partial charge >= 0.3 is 0 Å². The number of benzene rings is 3. The maximum Gasteiger partial charge on any atom is 0.238 e. The van der Waals surface area contributed by atoms with Crippen LogP contribution in [0.3, 0.4) is 0 Å². The van der Waals surface area contributed by atoms with Gasteiger partial charge in [0.15, 0.2) is 0 Å². The molecule has 0 N–H and O–H groups in total. The zero-order valence-corrected chi connectivity index (χ0v) is 16.2. The number of amides is 2. The first-order chi connectivity index (χ1) is 14.2. The highest BCUT2D eigenvalue weighted by Gasteiger charge is 2.67. The number of carbonyl (C=O) groups is 2. The lowest BCUT2D eigenvalue weighted by molar-refractivity contribution is -0.123. The Hall–Kier alpha value is -3.20. The Balaban J connectivity index is 1.66. The van der Waals surface area contributed by atoms with Crippen LogP contribution in [0.2, 0.25) is 0 Å². The Morgan fingerprint density at radius 1 is 0.759 bits per heavy atom. The van der Waals surface area contributed by atoms with E-state index in [2.05, 4.69) is 55.5 Å². The van der Waals surface area contributed by atoms with E-state index in [1.165, 1.54) is 27.2 Å². The molecule has 3 nitrogen and oxygen atoms in total. The molecule has 3 aromatic carbocycles.